The number of Topliss-reactive ketones (excluding diaryl/α,β-unsaturated/α-hetero) is 1. The Labute approximate surface area is 261 Å². The number of nitrogens with zero attached hydrogens (tertiary/aromatic N) is 3. The molecule has 1 aliphatic rings. The van der Waals surface area contributed by atoms with E-state index in [-0.39, 0.29) is 22.3 Å². The summed E-state index contributed by atoms with van der Waals surface area (Å²) in [5.74, 6) is -1.34. The van der Waals surface area contributed by atoms with E-state index in [2.05, 4.69) is 10.2 Å². The molecule has 4 aromatic carbocycles. The third-order valence-corrected chi connectivity index (χ3v) is 9.19. The van der Waals surface area contributed by atoms with Gasteiger partial charge in [-0.2, -0.15) is 0 Å². The molecular formula is C34H26FN3O4S2. The molecule has 0 bridgehead atoms. The molecule has 0 radical (unpaired) electrons. The van der Waals surface area contributed by atoms with Gasteiger partial charge in [0.2, 0.25) is 5.13 Å². The zero-order valence-electron chi connectivity index (χ0n) is 23.5. The summed E-state index contributed by atoms with van der Waals surface area (Å²) in [6.07, 6.45) is 0. The van der Waals surface area contributed by atoms with E-state index in [9.17, 15) is 19.1 Å². The monoisotopic (exact) mass is 623 g/mol. The maximum atomic E-state index is 14.1. The highest BCUT2D eigenvalue weighted by molar-refractivity contribution is 8.00. The first-order valence-corrected chi connectivity index (χ1v) is 15.5. The summed E-state index contributed by atoms with van der Waals surface area (Å²) in [5.41, 5.74) is 3.63. The smallest absolute Gasteiger partial charge is 0.301 e. The van der Waals surface area contributed by atoms with Gasteiger partial charge in [0.05, 0.1) is 11.6 Å². The van der Waals surface area contributed by atoms with Crippen molar-refractivity contribution in [2.45, 2.75) is 29.7 Å². The number of aliphatic hydroxyl groups excluding tert-OH is 1. The van der Waals surface area contributed by atoms with Crippen LogP contribution in [0.2, 0.25) is 0 Å². The minimum atomic E-state index is -0.925. The lowest BCUT2D eigenvalue weighted by atomic mass is 9.95. The second-order valence-corrected chi connectivity index (χ2v) is 12.3. The molecule has 1 N–H and O–H groups in total. The van der Waals surface area contributed by atoms with E-state index < -0.39 is 17.7 Å². The summed E-state index contributed by atoms with van der Waals surface area (Å²) in [5, 5.41) is 20.0. The average molecular weight is 624 g/mol. The molecule has 1 fully saturated rings. The normalized spacial score (nSPS) is 16.0. The van der Waals surface area contributed by atoms with E-state index in [0.717, 1.165) is 22.5 Å². The van der Waals surface area contributed by atoms with E-state index in [1.165, 1.54) is 22.7 Å². The van der Waals surface area contributed by atoms with E-state index in [0.29, 0.717) is 39.1 Å². The molecular weight excluding hydrogens is 598 g/mol. The molecule has 1 atom stereocenters. The Morgan fingerprint density at radius 2 is 1.70 bits per heavy atom. The van der Waals surface area contributed by atoms with Crippen LogP contribution in [0.25, 0.3) is 5.76 Å². The number of aliphatic hydroxyl groups is 1. The van der Waals surface area contributed by atoms with Crippen LogP contribution in [-0.4, -0.2) is 27.0 Å². The standard InChI is InChI=1S/C34H26FN3O4S2/c1-21-8-7-9-22(18-21)19-42-26-16-14-24(15-17-26)30(39)28-29(23-10-3-2-4-11-23)38(32(41)31(28)40)33-36-37-34(44-33)43-20-25-12-5-6-13-27(25)35/h2-18,29,39H,19-20H2,1H3/t29-/m1/s1. The fourth-order valence-corrected chi connectivity index (χ4v) is 6.78. The molecule has 220 valence electrons. The first-order chi connectivity index (χ1) is 21.4. The van der Waals surface area contributed by atoms with Gasteiger partial charge >= 0.3 is 5.91 Å². The number of benzene rings is 4. The van der Waals surface area contributed by atoms with Crippen LogP contribution in [0.15, 0.2) is 113 Å². The first-order valence-electron chi connectivity index (χ1n) is 13.7. The summed E-state index contributed by atoms with van der Waals surface area (Å²) in [7, 11) is 0. The van der Waals surface area contributed by atoms with Crippen LogP contribution in [0.1, 0.15) is 33.9 Å². The Morgan fingerprint density at radius 3 is 2.45 bits per heavy atom. The molecule has 7 nitrogen and oxygen atoms in total. The number of carbonyl (C=O) groups excluding carboxylic acids is 2. The van der Waals surface area contributed by atoms with E-state index in [1.54, 1.807) is 66.7 Å². The van der Waals surface area contributed by atoms with Gasteiger partial charge in [0, 0.05) is 11.3 Å². The van der Waals surface area contributed by atoms with Crippen molar-refractivity contribution in [1.82, 2.24) is 10.2 Å². The van der Waals surface area contributed by atoms with Gasteiger partial charge in [-0.15, -0.1) is 10.2 Å². The summed E-state index contributed by atoms with van der Waals surface area (Å²) in [4.78, 5) is 28.2. The number of ether oxygens (including phenoxy) is 1. The van der Waals surface area contributed by atoms with Crippen molar-refractivity contribution in [3.63, 3.8) is 0 Å². The van der Waals surface area contributed by atoms with E-state index in [4.69, 9.17) is 4.74 Å². The molecule has 1 amide bonds. The molecule has 5 aromatic rings. The van der Waals surface area contributed by atoms with Gasteiger partial charge in [-0.3, -0.25) is 14.5 Å². The maximum Gasteiger partial charge on any atom is 0.301 e. The molecule has 2 heterocycles. The number of amides is 1. The predicted octanol–water partition coefficient (Wildman–Crippen LogP) is 7.48. The Morgan fingerprint density at radius 1 is 0.955 bits per heavy atom. The number of carbonyl (C=O) groups is 2. The van der Waals surface area contributed by atoms with Crippen LogP contribution in [-0.2, 0) is 21.9 Å². The highest BCUT2D eigenvalue weighted by atomic mass is 32.2. The third-order valence-electron chi connectivity index (χ3n) is 7.09. The molecule has 0 saturated carbocycles. The van der Waals surface area contributed by atoms with Gasteiger partial charge in [0.25, 0.3) is 5.78 Å². The summed E-state index contributed by atoms with van der Waals surface area (Å²) >= 11 is 2.41. The van der Waals surface area contributed by atoms with E-state index >= 15 is 0 Å². The Balaban J connectivity index is 1.28. The molecule has 0 aliphatic carbocycles. The second-order valence-electron chi connectivity index (χ2n) is 10.1. The van der Waals surface area contributed by atoms with Gasteiger partial charge in [-0.05, 0) is 53.9 Å². The molecule has 1 aromatic heterocycles. The number of aryl methyl sites for hydroxylation is 1. The number of hydrogen-bond donors (Lipinski definition) is 1. The summed E-state index contributed by atoms with van der Waals surface area (Å²) in [6, 6.07) is 29.3. The van der Waals surface area contributed by atoms with Crippen molar-refractivity contribution in [3.05, 3.63) is 142 Å². The van der Waals surface area contributed by atoms with E-state index in [1.807, 2.05) is 37.3 Å². The van der Waals surface area contributed by atoms with Gasteiger partial charge in [-0.1, -0.05) is 101 Å². The fraction of sp³-hybridized carbons (Fsp3) is 0.118. The Hall–Kier alpha value is -4.80. The Bertz CT molecular complexity index is 1860. The SMILES string of the molecule is Cc1cccc(COc2ccc(C(O)=C3C(=O)C(=O)N(c4nnc(SCc5ccccc5F)s4)[C@@H]3c3ccccc3)cc2)c1. The number of aromatic nitrogens is 2. The largest absolute Gasteiger partial charge is 0.507 e. The van der Waals surface area contributed by atoms with Gasteiger partial charge in [0.15, 0.2) is 4.34 Å². The molecule has 10 heteroatoms. The fourth-order valence-electron chi connectivity index (χ4n) is 4.93. The average Bonchev–Trinajstić information content (AvgIpc) is 3.61. The number of anilines is 1. The van der Waals surface area contributed by atoms with Crippen molar-refractivity contribution >= 4 is 45.7 Å². The van der Waals surface area contributed by atoms with Gasteiger partial charge < -0.3 is 9.84 Å². The lowest BCUT2D eigenvalue weighted by Crippen LogP contribution is -2.29. The molecule has 0 unspecified atom stereocenters. The van der Waals surface area contributed by atoms with Crippen molar-refractivity contribution < 1.29 is 23.8 Å². The predicted molar refractivity (Wildman–Crippen MR) is 169 cm³/mol. The zero-order valence-corrected chi connectivity index (χ0v) is 25.1. The minimum Gasteiger partial charge on any atom is -0.507 e. The topological polar surface area (TPSA) is 92.6 Å². The number of thioether (sulfide) groups is 1. The molecule has 0 spiro atoms. The van der Waals surface area contributed by atoms with Crippen LogP contribution >= 0.6 is 23.1 Å². The molecule has 1 saturated heterocycles. The number of hydrogen-bond acceptors (Lipinski definition) is 8. The van der Waals surface area contributed by atoms with Crippen LogP contribution in [0.4, 0.5) is 9.52 Å². The lowest BCUT2D eigenvalue weighted by Gasteiger charge is -2.22. The number of rotatable bonds is 9. The van der Waals surface area contributed by atoms with Crippen molar-refractivity contribution in [2.24, 2.45) is 0 Å². The number of ketones is 1. The summed E-state index contributed by atoms with van der Waals surface area (Å²) < 4.78 is 20.5. The minimum absolute atomic E-state index is 0.0506. The first kappa shape index (κ1) is 29.3. The molecule has 1 aliphatic heterocycles. The second kappa shape index (κ2) is 12.8. The van der Waals surface area contributed by atoms with Gasteiger partial charge in [-0.25, -0.2) is 4.39 Å². The van der Waals surface area contributed by atoms with Crippen molar-refractivity contribution in [1.29, 1.82) is 0 Å². The lowest BCUT2D eigenvalue weighted by molar-refractivity contribution is -0.132. The van der Waals surface area contributed by atoms with Gasteiger partial charge in [0.1, 0.15) is 23.9 Å². The summed E-state index contributed by atoms with van der Waals surface area (Å²) in [6.45, 7) is 2.40. The van der Waals surface area contributed by atoms with Crippen LogP contribution in [0.3, 0.4) is 0 Å². The molecule has 44 heavy (non-hydrogen) atoms. The van der Waals surface area contributed by atoms with Crippen molar-refractivity contribution in [2.75, 3.05) is 4.90 Å². The highest BCUT2D eigenvalue weighted by Crippen LogP contribution is 2.44. The third kappa shape index (κ3) is 6.13. The highest BCUT2D eigenvalue weighted by Gasteiger charge is 2.48. The Kier molecular flexibility index (Phi) is 8.53. The van der Waals surface area contributed by atoms with Crippen molar-refractivity contribution in [3.8, 4) is 5.75 Å². The van der Waals surface area contributed by atoms with Crippen LogP contribution in [0.5, 0.6) is 5.75 Å². The maximum absolute atomic E-state index is 14.1. The number of halogens is 1. The van der Waals surface area contributed by atoms with Crippen LogP contribution < -0.4 is 9.64 Å². The quantitative estimate of drug-likeness (QED) is 0.0598. The van der Waals surface area contributed by atoms with Crippen LogP contribution in [0, 0.1) is 12.7 Å². The zero-order chi connectivity index (χ0) is 30.6. The molecule has 6 rings (SSSR count).